The van der Waals surface area contributed by atoms with Crippen molar-refractivity contribution in [2.75, 3.05) is 13.1 Å². The van der Waals surface area contributed by atoms with Gasteiger partial charge in [0.25, 0.3) is 5.91 Å². The van der Waals surface area contributed by atoms with Gasteiger partial charge in [-0.25, -0.2) is 0 Å². The molecule has 1 aromatic carbocycles. The summed E-state index contributed by atoms with van der Waals surface area (Å²) in [6.45, 7) is 6.15. The van der Waals surface area contributed by atoms with Crippen molar-refractivity contribution in [2.24, 2.45) is 11.8 Å². The number of hydrogen-bond donors (Lipinski definition) is 0. The van der Waals surface area contributed by atoms with E-state index < -0.39 is 0 Å². The SMILES string of the molecule is CC1CC(C)CN(C(=O)c2cc(Br)ccc2Br)C1. The van der Waals surface area contributed by atoms with E-state index >= 15 is 0 Å². The molecule has 1 amide bonds. The Morgan fingerprint density at radius 2 is 1.83 bits per heavy atom. The van der Waals surface area contributed by atoms with Crippen LogP contribution in [-0.4, -0.2) is 23.9 Å². The third kappa shape index (κ3) is 3.15. The van der Waals surface area contributed by atoms with Gasteiger partial charge in [-0.05, 0) is 52.4 Å². The molecule has 1 aromatic rings. The van der Waals surface area contributed by atoms with E-state index in [0.29, 0.717) is 11.8 Å². The standard InChI is InChI=1S/C14H17Br2NO/c1-9-5-10(2)8-17(7-9)14(18)12-6-11(15)3-4-13(12)16/h3-4,6,9-10H,5,7-8H2,1-2H3. The predicted octanol–water partition coefficient (Wildman–Crippen LogP) is 4.33. The molecule has 0 aromatic heterocycles. The van der Waals surface area contributed by atoms with Crippen LogP contribution < -0.4 is 0 Å². The normalized spacial score (nSPS) is 24.1. The summed E-state index contributed by atoms with van der Waals surface area (Å²) >= 11 is 6.88. The minimum absolute atomic E-state index is 0.126. The number of halogens is 2. The van der Waals surface area contributed by atoms with Crippen molar-refractivity contribution in [3.63, 3.8) is 0 Å². The van der Waals surface area contributed by atoms with E-state index in [2.05, 4.69) is 45.7 Å². The minimum Gasteiger partial charge on any atom is -0.338 e. The van der Waals surface area contributed by atoms with Crippen LogP contribution in [0.1, 0.15) is 30.6 Å². The summed E-state index contributed by atoms with van der Waals surface area (Å²) in [4.78, 5) is 14.5. The number of rotatable bonds is 1. The third-order valence-corrected chi connectivity index (χ3v) is 4.50. The summed E-state index contributed by atoms with van der Waals surface area (Å²) in [5.74, 6) is 1.30. The summed E-state index contributed by atoms with van der Waals surface area (Å²) in [5.41, 5.74) is 0.741. The molecule has 2 unspecified atom stereocenters. The second-order valence-corrected chi connectivity index (χ2v) is 7.05. The fourth-order valence-corrected chi connectivity index (χ4v) is 3.44. The monoisotopic (exact) mass is 373 g/mol. The smallest absolute Gasteiger partial charge is 0.255 e. The van der Waals surface area contributed by atoms with Crippen molar-refractivity contribution in [1.29, 1.82) is 0 Å². The molecule has 1 fully saturated rings. The van der Waals surface area contributed by atoms with Crippen molar-refractivity contribution in [3.8, 4) is 0 Å². The van der Waals surface area contributed by atoms with Gasteiger partial charge < -0.3 is 4.90 Å². The van der Waals surface area contributed by atoms with E-state index in [4.69, 9.17) is 0 Å². The first kappa shape index (κ1) is 14.1. The van der Waals surface area contributed by atoms with E-state index in [1.807, 2.05) is 23.1 Å². The average molecular weight is 375 g/mol. The molecule has 0 bridgehead atoms. The molecule has 1 heterocycles. The molecule has 4 heteroatoms. The van der Waals surface area contributed by atoms with Crippen LogP contribution in [0, 0.1) is 11.8 Å². The van der Waals surface area contributed by atoms with E-state index in [1.165, 1.54) is 6.42 Å². The van der Waals surface area contributed by atoms with Crippen molar-refractivity contribution >= 4 is 37.8 Å². The van der Waals surface area contributed by atoms with Gasteiger partial charge in [0.15, 0.2) is 0 Å². The second-order valence-electron chi connectivity index (χ2n) is 5.28. The highest BCUT2D eigenvalue weighted by molar-refractivity contribution is 9.11. The van der Waals surface area contributed by atoms with E-state index in [9.17, 15) is 4.79 Å². The Morgan fingerprint density at radius 3 is 2.44 bits per heavy atom. The lowest BCUT2D eigenvalue weighted by Gasteiger charge is -2.35. The van der Waals surface area contributed by atoms with Gasteiger partial charge in [0, 0.05) is 22.0 Å². The summed E-state index contributed by atoms with van der Waals surface area (Å²) in [6, 6.07) is 5.73. The molecule has 0 N–H and O–H groups in total. The maximum absolute atomic E-state index is 12.5. The predicted molar refractivity (Wildman–Crippen MR) is 80.7 cm³/mol. The van der Waals surface area contributed by atoms with Crippen molar-refractivity contribution in [1.82, 2.24) is 4.90 Å². The fraction of sp³-hybridized carbons (Fsp3) is 0.500. The van der Waals surface area contributed by atoms with Gasteiger partial charge in [0.05, 0.1) is 5.56 Å². The molecule has 1 saturated heterocycles. The summed E-state index contributed by atoms with van der Waals surface area (Å²) < 4.78 is 1.80. The van der Waals surface area contributed by atoms with Gasteiger partial charge in [-0.3, -0.25) is 4.79 Å². The van der Waals surface area contributed by atoms with Crippen LogP contribution in [0.2, 0.25) is 0 Å². The summed E-state index contributed by atoms with van der Waals surface area (Å²) in [5, 5.41) is 0. The maximum atomic E-state index is 12.5. The molecular weight excluding hydrogens is 358 g/mol. The number of benzene rings is 1. The second kappa shape index (κ2) is 5.74. The highest BCUT2D eigenvalue weighted by Gasteiger charge is 2.27. The number of piperidine rings is 1. The lowest BCUT2D eigenvalue weighted by molar-refractivity contribution is 0.0622. The topological polar surface area (TPSA) is 20.3 Å². The number of carbonyl (C=O) groups is 1. The van der Waals surface area contributed by atoms with Crippen molar-refractivity contribution < 1.29 is 4.79 Å². The van der Waals surface area contributed by atoms with Crippen molar-refractivity contribution in [3.05, 3.63) is 32.7 Å². The highest BCUT2D eigenvalue weighted by Crippen LogP contribution is 2.26. The third-order valence-electron chi connectivity index (χ3n) is 3.31. The first-order valence-corrected chi connectivity index (χ1v) is 7.80. The Kier molecular flexibility index (Phi) is 4.49. The fourth-order valence-electron chi connectivity index (χ4n) is 2.66. The van der Waals surface area contributed by atoms with Crippen LogP contribution in [0.5, 0.6) is 0 Å². The minimum atomic E-state index is 0.126. The molecule has 2 nitrogen and oxygen atoms in total. The maximum Gasteiger partial charge on any atom is 0.255 e. The lowest BCUT2D eigenvalue weighted by Crippen LogP contribution is -2.42. The van der Waals surface area contributed by atoms with Gasteiger partial charge in [0.2, 0.25) is 0 Å². The number of amides is 1. The largest absolute Gasteiger partial charge is 0.338 e. The van der Waals surface area contributed by atoms with Crippen LogP contribution in [-0.2, 0) is 0 Å². The molecule has 2 atom stereocenters. The number of likely N-dealkylation sites (tertiary alicyclic amines) is 1. The van der Waals surface area contributed by atoms with E-state index in [1.54, 1.807) is 0 Å². The molecule has 98 valence electrons. The quantitative estimate of drug-likeness (QED) is 0.716. The molecule has 0 radical (unpaired) electrons. The van der Waals surface area contributed by atoms with Gasteiger partial charge >= 0.3 is 0 Å². The molecule has 18 heavy (non-hydrogen) atoms. The number of hydrogen-bond acceptors (Lipinski definition) is 1. The lowest BCUT2D eigenvalue weighted by atomic mass is 9.91. The van der Waals surface area contributed by atoms with Crippen LogP contribution >= 0.6 is 31.9 Å². The van der Waals surface area contributed by atoms with E-state index in [0.717, 1.165) is 27.6 Å². The molecule has 0 saturated carbocycles. The Bertz CT molecular complexity index is 451. The number of nitrogens with zero attached hydrogens (tertiary/aromatic N) is 1. The van der Waals surface area contributed by atoms with Crippen LogP contribution in [0.3, 0.4) is 0 Å². The van der Waals surface area contributed by atoms with Gasteiger partial charge in [-0.15, -0.1) is 0 Å². The Hall–Kier alpha value is -0.350. The molecule has 0 spiro atoms. The zero-order chi connectivity index (χ0) is 13.3. The van der Waals surface area contributed by atoms with Gasteiger partial charge in [0.1, 0.15) is 0 Å². The van der Waals surface area contributed by atoms with Crippen LogP contribution in [0.4, 0.5) is 0 Å². The Morgan fingerprint density at radius 1 is 1.22 bits per heavy atom. The first-order chi connectivity index (χ1) is 8.47. The van der Waals surface area contributed by atoms with Crippen LogP contribution in [0.25, 0.3) is 0 Å². The van der Waals surface area contributed by atoms with Crippen LogP contribution in [0.15, 0.2) is 27.1 Å². The Labute approximate surface area is 125 Å². The molecule has 2 rings (SSSR count). The molecule has 1 aliphatic heterocycles. The summed E-state index contributed by atoms with van der Waals surface area (Å²) in [7, 11) is 0. The molecule has 1 aliphatic rings. The Balaban J connectivity index is 2.22. The van der Waals surface area contributed by atoms with E-state index in [-0.39, 0.29) is 5.91 Å². The summed E-state index contributed by atoms with van der Waals surface area (Å²) in [6.07, 6.45) is 1.21. The van der Waals surface area contributed by atoms with Crippen molar-refractivity contribution in [2.45, 2.75) is 20.3 Å². The molecule has 0 aliphatic carbocycles. The zero-order valence-corrected chi connectivity index (χ0v) is 13.8. The highest BCUT2D eigenvalue weighted by atomic mass is 79.9. The molecular formula is C14H17Br2NO. The average Bonchev–Trinajstić information content (AvgIpc) is 2.30. The first-order valence-electron chi connectivity index (χ1n) is 6.21. The zero-order valence-electron chi connectivity index (χ0n) is 10.6. The number of carbonyl (C=O) groups excluding carboxylic acids is 1. The van der Waals surface area contributed by atoms with Gasteiger partial charge in [-0.2, -0.15) is 0 Å². The van der Waals surface area contributed by atoms with Gasteiger partial charge in [-0.1, -0.05) is 29.8 Å².